The summed E-state index contributed by atoms with van der Waals surface area (Å²) < 4.78 is 25.9. The summed E-state index contributed by atoms with van der Waals surface area (Å²) >= 11 is 0. The van der Waals surface area contributed by atoms with Gasteiger partial charge in [0.2, 0.25) is 0 Å². The molecule has 23 heavy (non-hydrogen) atoms. The molecule has 4 nitrogen and oxygen atoms in total. The molecule has 2 N–H and O–H groups in total. The van der Waals surface area contributed by atoms with Crippen LogP contribution in [0.15, 0.2) is 18.2 Å². The summed E-state index contributed by atoms with van der Waals surface area (Å²) in [6.07, 6.45) is 0.915. The molecule has 1 aliphatic rings. The van der Waals surface area contributed by atoms with Gasteiger partial charge in [0.25, 0.3) is 0 Å². The van der Waals surface area contributed by atoms with E-state index >= 15 is 4.39 Å². The first-order valence-electron chi connectivity index (χ1n) is 7.69. The Morgan fingerprint density at radius 3 is 2.00 bits per heavy atom. The summed E-state index contributed by atoms with van der Waals surface area (Å²) in [5.74, 6) is 1.24. The molecule has 1 saturated heterocycles. The molecule has 0 saturated carbocycles. The molecule has 1 heterocycles. The van der Waals surface area contributed by atoms with Gasteiger partial charge in [0.1, 0.15) is 17.2 Å². The topological polar surface area (TPSA) is 47.7 Å². The van der Waals surface area contributed by atoms with E-state index in [9.17, 15) is 0 Å². The van der Waals surface area contributed by atoms with E-state index in [0.29, 0.717) is 43.0 Å². The molecule has 1 aromatic carbocycles. The average Bonchev–Trinajstić information content (AvgIpc) is 2.48. The molecule has 0 aromatic heterocycles. The molecule has 0 amide bonds. The van der Waals surface area contributed by atoms with Crippen molar-refractivity contribution in [3.8, 4) is 11.5 Å². The van der Waals surface area contributed by atoms with E-state index < -0.39 is 5.67 Å². The number of piperidine rings is 1. The smallest absolute Gasteiger partial charge is 0.138 e. The molecule has 0 bridgehead atoms. The van der Waals surface area contributed by atoms with Crippen molar-refractivity contribution in [1.82, 2.24) is 4.90 Å². The first-order chi connectivity index (χ1) is 10.3. The van der Waals surface area contributed by atoms with Crippen molar-refractivity contribution < 1.29 is 13.9 Å². The Morgan fingerprint density at radius 2 is 1.61 bits per heavy atom. The van der Waals surface area contributed by atoms with Crippen LogP contribution >= 0.6 is 12.4 Å². The minimum absolute atomic E-state index is 0. The van der Waals surface area contributed by atoms with Crippen molar-refractivity contribution in [1.29, 1.82) is 0 Å². The molecule has 0 radical (unpaired) electrons. The van der Waals surface area contributed by atoms with Crippen molar-refractivity contribution in [3.63, 3.8) is 0 Å². The van der Waals surface area contributed by atoms with Crippen LogP contribution in [0.5, 0.6) is 11.5 Å². The Bertz CT molecular complexity index is 490. The molecule has 0 unspecified atom stereocenters. The number of methoxy groups -OCH3 is 2. The lowest BCUT2D eigenvalue weighted by atomic mass is 9.85. The highest BCUT2D eigenvalue weighted by Crippen LogP contribution is 2.40. The van der Waals surface area contributed by atoms with Crippen LogP contribution in [0.2, 0.25) is 0 Å². The number of likely N-dealkylation sites (tertiary alicyclic amines) is 1. The maximum atomic E-state index is 15.4. The van der Waals surface area contributed by atoms with Gasteiger partial charge in [0.05, 0.1) is 14.2 Å². The lowest BCUT2D eigenvalue weighted by Crippen LogP contribution is -2.49. The number of hydrogen-bond donors (Lipinski definition) is 1. The molecule has 6 heteroatoms. The second-order valence-electron chi connectivity index (χ2n) is 6.83. The zero-order valence-electron chi connectivity index (χ0n) is 14.4. The van der Waals surface area contributed by atoms with Gasteiger partial charge in [-0.3, -0.25) is 0 Å². The summed E-state index contributed by atoms with van der Waals surface area (Å²) in [4.78, 5) is 2.23. The third kappa shape index (κ3) is 5.23. The van der Waals surface area contributed by atoms with Gasteiger partial charge >= 0.3 is 0 Å². The lowest BCUT2D eigenvalue weighted by Gasteiger charge is -2.39. The van der Waals surface area contributed by atoms with E-state index in [4.69, 9.17) is 15.2 Å². The Morgan fingerprint density at radius 1 is 1.13 bits per heavy atom. The van der Waals surface area contributed by atoms with Gasteiger partial charge in [-0.15, -0.1) is 12.4 Å². The number of benzene rings is 1. The Hall–Kier alpha value is -1.04. The van der Waals surface area contributed by atoms with Gasteiger partial charge < -0.3 is 20.1 Å². The quantitative estimate of drug-likeness (QED) is 0.889. The molecule has 2 rings (SSSR count). The Balaban J connectivity index is 0.00000264. The van der Waals surface area contributed by atoms with Gasteiger partial charge in [-0.25, -0.2) is 4.39 Å². The monoisotopic (exact) mass is 346 g/mol. The number of nitrogens with two attached hydrogens (primary N) is 1. The molecule has 1 aromatic rings. The number of nitrogens with zero attached hydrogens (tertiary/aromatic N) is 1. The number of alkyl halides is 1. The summed E-state index contributed by atoms with van der Waals surface area (Å²) in [5, 5.41) is 0. The average molecular weight is 347 g/mol. The zero-order valence-corrected chi connectivity index (χ0v) is 15.2. The van der Waals surface area contributed by atoms with Crippen LogP contribution in [-0.2, 0) is 5.67 Å². The molecule has 132 valence electrons. The molecule has 1 aliphatic heterocycles. The number of hydrogen-bond acceptors (Lipinski definition) is 4. The van der Waals surface area contributed by atoms with Gasteiger partial charge in [0, 0.05) is 31.2 Å². The molecule has 0 spiro atoms. The van der Waals surface area contributed by atoms with Gasteiger partial charge in [-0.1, -0.05) is 0 Å². The van der Waals surface area contributed by atoms with Gasteiger partial charge in [0.15, 0.2) is 0 Å². The van der Waals surface area contributed by atoms with Crippen molar-refractivity contribution in [2.75, 3.05) is 33.9 Å². The second-order valence-corrected chi connectivity index (χ2v) is 6.83. The van der Waals surface area contributed by atoms with Crippen LogP contribution in [0.3, 0.4) is 0 Å². The second kappa shape index (κ2) is 7.69. The molecule has 1 fully saturated rings. The van der Waals surface area contributed by atoms with E-state index in [0.717, 1.165) is 6.54 Å². The van der Waals surface area contributed by atoms with Crippen molar-refractivity contribution in [2.45, 2.75) is 37.9 Å². The van der Waals surface area contributed by atoms with Crippen LogP contribution < -0.4 is 15.2 Å². The lowest BCUT2D eigenvalue weighted by molar-refractivity contribution is 0.0480. The number of rotatable bonds is 5. The van der Waals surface area contributed by atoms with Crippen molar-refractivity contribution in [3.05, 3.63) is 23.8 Å². The normalized spacial score (nSPS) is 18.2. The van der Waals surface area contributed by atoms with Crippen molar-refractivity contribution in [2.24, 2.45) is 5.73 Å². The predicted octanol–water partition coefficient (Wildman–Crippen LogP) is 3.12. The van der Waals surface area contributed by atoms with Gasteiger partial charge in [-0.05, 0) is 44.4 Å². The fraction of sp³-hybridized carbons (Fsp3) is 0.647. The fourth-order valence-corrected chi connectivity index (χ4v) is 3.00. The highest BCUT2D eigenvalue weighted by molar-refractivity contribution is 5.85. The fourth-order valence-electron chi connectivity index (χ4n) is 3.00. The molecular formula is C17H28ClFN2O2. The van der Waals surface area contributed by atoms with Crippen LogP contribution in [0.25, 0.3) is 0 Å². The van der Waals surface area contributed by atoms with Crippen LogP contribution in [0, 0.1) is 0 Å². The summed E-state index contributed by atoms with van der Waals surface area (Å²) in [6, 6.07) is 5.30. The maximum Gasteiger partial charge on any atom is 0.138 e. The van der Waals surface area contributed by atoms with Crippen LogP contribution in [-0.4, -0.2) is 44.3 Å². The predicted molar refractivity (Wildman–Crippen MR) is 93.5 cm³/mol. The van der Waals surface area contributed by atoms with E-state index in [2.05, 4.69) is 4.90 Å². The third-order valence-electron chi connectivity index (χ3n) is 4.15. The molecule has 0 atom stereocenters. The molecular weight excluding hydrogens is 319 g/mol. The maximum absolute atomic E-state index is 15.4. The Labute approximate surface area is 144 Å². The first-order valence-corrected chi connectivity index (χ1v) is 7.69. The highest BCUT2D eigenvalue weighted by Gasteiger charge is 2.37. The minimum Gasteiger partial charge on any atom is -0.497 e. The summed E-state index contributed by atoms with van der Waals surface area (Å²) in [7, 11) is 3.16. The largest absolute Gasteiger partial charge is 0.497 e. The van der Waals surface area contributed by atoms with Crippen molar-refractivity contribution >= 4 is 12.4 Å². The van der Waals surface area contributed by atoms with E-state index in [1.54, 1.807) is 32.4 Å². The zero-order chi connectivity index (χ0) is 16.4. The van der Waals surface area contributed by atoms with Gasteiger partial charge in [-0.2, -0.15) is 0 Å². The van der Waals surface area contributed by atoms with E-state index in [1.807, 2.05) is 13.8 Å². The first kappa shape index (κ1) is 20.0. The van der Waals surface area contributed by atoms with E-state index in [-0.39, 0.29) is 17.9 Å². The molecule has 0 aliphatic carbocycles. The minimum atomic E-state index is -1.34. The van der Waals surface area contributed by atoms with Crippen LogP contribution in [0.1, 0.15) is 32.3 Å². The summed E-state index contributed by atoms with van der Waals surface area (Å²) in [5.41, 5.74) is 5.10. The van der Waals surface area contributed by atoms with Crippen LogP contribution in [0.4, 0.5) is 4.39 Å². The summed E-state index contributed by atoms with van der Waals surface area (Å²) in [6.45, 7) is 6.19. The highest BCUT2D eigenvalue weighted by atomic mass is 35.5. The third-order valence-corrected chi connectivity index (χ3v) is 4.15. The number of halogens is 2. The van der Waals surface area contributed by atoms with E-state index in [1.165, 1.54) is 0 Å². The SMILES string of the molecule is COc1cc(OC)cc(C2(F)CCN(CC(C)(C)N)CC2)c1.Cl. The Kier molecular flexibility index (Phi) is 6.69. The number of ether oxygens (including phenoxy) is 2. The standard InChI is InChI=1S/C17H27FN2O2.ClH/c1-16(2,19)12-20-7-5-17(18,6-8-20)13-9-14(21-3)11-15(10-13)22-4;/h9-11H,5-8,12,19H2,1-4H3;1H.